The highest BCUT2D eigenvalue weighted by Crippen LogP contribution is 2.57. The Hall–Kier alpha value is -1.22. The SMILES string of the molecule is COc1ccc2c(c1)CC[C@@H]1[C@@H]2CC[C@@]2(C)[C@H]1CC(=O)N2Cl. The van der Waals surface area contributed by atoms with E-state index in [4.69, 9.17) is 16.5 Å². The van der Waals surface area contributed by atoms with Crippen molar-refractivity contribution >= 4 is 17.7 Å². The number of halogens is 1. The van der Waals surface area contributed by atoms with Crippen molar-refractivity contribution < 1.29 is 9.53 Å². The number of amides is 1. The second kappa shape index (κ2) is 4.89. The van der Waals surface area contributed by atoms with Crippen LogP contribution in [0, 0.1) is 11.8 Å². The number of methoxy groups -OCH3 is 1. The van der Waals surface area contributed by atoms with Crippen LogP contribution in [-0.4, -0.2) is 23.0 Å². The van der Waals surface area contributed by atoms with Crippen LogP contribution < -0.4 is 4.74 Å². The van der Waals surface area contributed by atoms with Crippen LogP contribution in [0.2, 0.25) is 0 Å². The predicted molar refractivity (Wildman–Crippen MR) is 86.0 cm³/mol. The molecular formula is C18H22ClNO2. The van der Waals surface area contributed by atoms with Gasteiger partial charge in [-0.05, 0) is 73.6 Å². The summed E-state index contributed by atoms with van der Waals surface area (Å²) >= 11 is 6.32. The zero-order chi connectivity index (χ0) is 15.5. The number of benzene rings is 1. The number of fused-ring (bicyclic) bond motifs is 5. The maximum atomic E-state index is 12.1. The minimum atomic E-state index is -0.149. The number of carbonyl (C=O) groups excluding carboxylic acids is 1. The molecule has 4 heteroatoms. The Labute approximate surface area is 136 Å². The molecule has 3 nitrogen and oxygen atoms in total. The fraction of sp³-hybridized carbons (Fsp3) is 0.611. The van der Waals surface area contributed by atoms with Crippen molar-refractivity contribution in [1.82, 2.24) is 4.42 Å². The third-order valence-electron chi connectivity index (χ3n) is 6.35. The molecule has 118 valence electrons. The van der Waals surface area contributed by atoms with Gasteiger partial charge in [-0.3, -0.25) is 4.79 Å². The first-order chi connectivity index (χ1) is 10.5. The lowest BCUT2D eigenvalue weighted by Gasteiger charge is -2.49. The molecule has 1 aliphatic heterocycles. The molecule has 4 rings (SSSR count). The lowest BCUT2D eigenvalue weighted by atomic mass is 9.58. The Bertz CT molecular complexity index is 632. The van der Waals surface area contributed by atoms with Crippen LogP contribution in [0.5, 0.6) is 5.75 Å². The zero-order valence-corrected chi connectivity index (χ0v) is 13.9. The van der Waals surface area contributed by atoms with E-state index in [1.54, 1.807) is 7.11 Å². The molecule has 0 bridgehead atoms. The molecule has 2 fully saturated rings. The quantitative estimate of drug-likeness (QED) is 0.735. The van der Waals surface area contributed by atoms with Gasteiger partial charge in [-0.25, -0.2) is 4.42 Å². The molecule has 0 spiro atoms. The summed E-state index contributed by atoms with van der Waals surface area (Å²) in [4.78, 5) is 12.1. The van der Waals surface area contributed by atoms with Crippen LogP contribution in [0.25, 0.3) is 0 Å². The van der Waals surface area contributed by atoms with E-state index < -0.39 is 0 Å². The van der Waals surface area contributed by atoms with E-state index in [1.807, 2.05) is 0 Å². The maximum Gasteiger partial charge on any atom is 0.237 e. The van der Waals surface area contributed by atoms with Crippen molar-refractivity contribution in [3.63, 3.8) is 0 Å². The first kappa shape index (κ1) is 14.4. The number of nitrogens with zero attached hydrogens (tertiary/aromatic N) is 1. The highest BCUT2D eigenvalue weighted by atomic mass is 35.5. The minimum absolute atomic E-state index is 0.107. The van der Waals surface area contributed by atoms with Gasteiger partial charge in [0.2, 0.25) is 5.91 Å². The molecule has 0 aromatic heterocycles. The molecule has 3 aliphatic rings. The topological polar surface area (TPSA) is 29.5 Å². The summed E-state index contributed by atoms with van der Waals surface area (Å²) in [6.45, 7) is 2.18. The first-order valence-corrected chi connectivity index (χ1v) is 8.54. The maximum absolute atomic E-state index is 12.1. The van der Waals surface area contributed by atoms with E-state index in [2.05, 4.69) is 25.1 Å². The number of hydrogen-bond donors (Lipinski definition) is 0. The third-order valence-corrected chi connectivity index (χ3v) is 6.93. The lowest BCUT2D eigenvalue weighted by molar-refractivity contribution is -0.125. The van der Waals surface area contributed by atoms with Crippen molar-refractivity contribution in [1.29, 1.82) is 0 Å². The molecule has 1 saturated carbocycles. The monoisotopic (exact) mass is 319 g/mol. The van der Waals surface area contributed by atoms with Gasteiger partial charge in [-0.15, -0.1) is 0 Å². The molecule has 1 aromatic carbocycles. The van der Waals surface area contributed by atoms with Crippen LogP contribution >= 0.6 is 11.8 Å². The normalized spacial score (nSPS) is 36.6. The number of aryl methyl sites for hydroxylation is 1. The van der Waals surface area contributed by atoms with Crippen LogP contribution in [0.4, 0.5) is 0 Å². The van der Waals surface area contributed by atoms with E-state index in [0.29, 0.717) is 24.2 Å². The Balaban J connectivity index is 1.70. The largest absolute Gasteiger partial charge is 0.497 e. The van der Waals surface area contributed by atoms with Crippen molar-refractivity contribution in [2.75, 3.05) is 7.11 Å². The van der Waals surface area contributed by atoms with Gasteiger partial charge in [-0.2, -0.15) is 0 Å². The van der Waals surface area contributed by atoms with Gasteiger partial charge in [0, 0.05) is 18.2 Å². The first-order valence-electron chi connectivity index (χ1n) is 8.20. The molecular weight excluding hydrogens is 298 g/mol. The van der Waals surface area contributed by atoms with Gasteiger partial charge in [0.05, 0.1) is 12.6 Å². The average Bonchev–Trinajstić information content (AvgIpc) is 2.77. The molecule has 1 aromatic rings. The van der Waals surface area contributed by atoms with E-state index >= 15 is 0 Å². The Morgan fingerprint density at radius 2 is 2.18 bits per heavy atom. The van der Waals surface area contributed by atoms with Crippen LogP contribution in [0.3, 0.4) is 0 Å². The highest BCUT2D eigenvalue weighted by Gasteiger charge is 2.56. The van der Waals surface area contributed by atoms with Crippen molar-refractivity contribution in [3.05, 3.63) is 29.3 Å². The zero-order valence-electron chi connectivity index (χ0n) is 13.1. The standard InChI is InChI=1S/C18H22ClNO2/c1-18-8-7-14-13-6-4-12(22-2)9-11(13)3-5-15(14)16(18)10-17(21)20(18)19/h4,6,9,14-16H,3,5,7-8,10H2,1-2H3/t14-,15-,16+,18+/m1/s1. The van der Waals surface area contributed by atoms with E-state index in [0.717, 1.165) is 31.4 Å². The van der Waals surface area contributed by atoms with Crippen molar-refractivity contribution in [3.8, 4) is 5.75 Å². The summed E-state index contributed by atoms with van der Waals surface area (Å²) < 4.78 is 6.87. The van der Waals surface area contributed by atoms with E-state index in [-0.39, 0.29) is 11.4 Å². The summed E-state index contributed by atoms with van der Waals surface area (Å²) in [5, 5.41) is 0. The Morgan fingerprint density at radius 1 is 1.36 bits per heavy atom. The Morgan fingerprint density at radius 3 is 2.95 bits per heavy atom. The molecule has 22 heavy (non-hydrogen) atoms. The van der Waals surface area contributed by atoms with Crippen molar-refractivity contribution in [2.24, 2.45) is 11.8 Å². The number of carbonyl (C=O) groups is 1. The van der Waals surface area contributed by atoms with Crippen LogP contribution in [0.15, 0.2) is 18.2 Å². The van der Waals surface area contributed by atoms with E-state index in [9.17, 15) is 4.79 Å². The van der Waals surface area contributed by atoms with E-state index in [1.165, 1.54) is 15.5 Å². The van der Waals surface area contributed by atoms with Gasteiger partial charge >= 0.3 is 0 Å². The molecule has 1 heterocycles. The second-order valence-electron chi connectivity index (χ2n) is 7.25. The van der Waals surface area contributed by atoms with Gasteiger partial charge in [0.15, 0.2) is 0 Å². The van der Waals surface area contributed by atoms with Gasteiger partial charge in [-0.1, -0.05) is 6.07 Å². The highest BCUT2D eigenvalue weighted by molar-refractivity contribution is 6.22. The van der Waals surface area contributed by atoms with Gasteiger partial charge in [0.1, 0.15) is 5.75 Å². The lowest BCUT2D eigenvalue weighted by Crippen LogP contribution is -2.49. The summed E-state index contributed by atoms with van der Waals surface area (Å²) in [6, 6.07) is 6.50. The van der Waals surface area contributed by atoms with Gasteiger partial charge in [0.25, 0.3) is 0 Å². The fourth-order valence-electron chi connectivity index (χ4n) is 5.15. The number of ether oxygens (including phenoxy) is 1. The molecule has 0 radical (unpaired) electrons. The summed E-state index contributed by atoms with van der Waals surface area (Å²) in [6.07, 6.45) is 4.97. The van der Waals surface area contributed by atoms with Crippen LogP contribution in [0.1, 0.15) is 49.7 Å². The molecule has 1 amide bonds. The molecule has 0 unspecified atom stereocenters. The molecule has 0 N–H and O–H groups in total. The number of hydrogen-bond acceptors (Lipinski definition) is 2. The summed E-state index contributed by atoms with van der Waals surface area (Å²) in [5.41, 5.74) is 2.75. The summed E-state index contributed by atoms with van der Waals surface area (Å²) in [7, 11) is 1.72. The minimum Gasteiger partial charge on any atom is -0.497 e. The molecule has 2 aliphatic carbocycles. The smallest absolute Gasteiger partial charge is 0.237 e. The van der Waals surface area contributed by atoms with Crippen LogP contribution in [-0.2, 0) is 11.2 Å². The molecule has 4 atom stereocenters. The fourth-order valence-corrected chi connectivity index (χ4v) is 5.43. The third kappa shape index (κ3) is 1.84. The number of rotatable bonds is 1. The second-order valence-corrected chi connectivity index (χ2v) is 7.59. The van der Waals surface area contributed by atoms with Gasteiger partial charge < -0.3 is 4.74 Å². The predicted octanol–water partition coefficient (Wildman–Crippen LogP) is 3.90. The Kier molecular flexibility index (Phi) is 3.19. The summed E-state index contributed by atoms with van der Waals surface area (Å²) in [5.74, 6) is 2.60. The average molecular weight is 320 g/mol. The molecule has 1 saturated heterocycles. The van der Waals surface area contributed by atoms with Crippen molar-refractivity contribution in [2.45, 2.75) is 50.5 Å².